The van der Waals surface area contributed by atoms with Gasteiger partial charge in [-0.3, -0.25) is 4.79 Å². The summed E-state index contributed by atoms with van der Waals surface area (Å²) < 4.78 is 5.05. The fourth-order valence-electron chi connectivity index (χ4n) is 1.55. The molecule has 1 aromatic heterocycles. The lowest BCUT2D eigenvalue weighted by atomic mass is 10.2. The smallest absolute Gasteiger partial charge is 0.220 e. The number of oxazole rings is 1. The van der Waals surface area contributed by atoms with E-state index >= 15 is 0 Å². The lowest BCUT2D eigenvalue weighted by Crippen LogP contribution is -2.35. The summed E-state index contributed by atoms with van der Waals surface area (Å²) in [6, 6.07) is -0.0229. The molecule has 1 aromatic rings. The van der Waals surface area contributed by atoms with Crippen LogP contribution in [-0.2, 0) is 11.4 Å². The fourth-order valence-corrected chi connectivity index (χ4v) is 2.64. The van der Waals surface area contributed by atoms with Gasteiger partial charge in [0.25, 0.3) is 0 Å². The van der Waals surface area contributed by atoms with E-state index < -0.39 is 0 Å². The van der Waals surface area contributed by atoms with Crippen molar-refractivity contribution in [3.8, 4) is 0 Å². The molecule has 1 saturated heterocycles. The number of amides is 1. The zero-order valence-corrected chi connectivity index (χ0v) is 8.94. The summed E-state index contributed by atoms with van der Waals surface area (Å²) in [5.41, 5.74) is 0.721. The summed E-state index contributed by atoms with van der Waals surface area (Å²) in [6.45, 7) is 0.529. The fraction of sp³-hybridized carbons (Fsp3) is 0.556. The van der Waals surface area contributed by atoms with Gasteiger partial charge in [-0.05, 0) is 0 Å². The highest BCUT2D eigenvalue weighted by Gasteiger charge is 2.25. The summed E-state index contributed by atoms with van der Waals surface area (Å²) in [5.74, 6) is 2.09. The average molecular weight is 228 g/mol. The van der Waals surface area contributed by atoms with Crippen LogP contribution in [0, 0.1) is 0 Å². The number of aliphatic hydroxyl groups excluding tert-OH is 1. The number of carbonyl (C=O) groups excluding carboxylic acids is 1. The molecule has 82 valence electrons. The van der Waals surface area contributed by atoms with Crippen molar-refractivity contribution in [2.24, 2.45) is 0 Å². The molecule has 5 nitrogen and oxygen atoms in total. The Kier molecular flexibility index (Phi) is 3.27. The van der Waals surface area contributed by atoms with E-state index in [0.717, 1.165) is 30.2 Å². The first-order chi connectivity index (χ1) is 7.35. The summed E-state index contributed by atoms with van der Waals surface area (Å²) in [6.07, 6.45) is 2.36. The molecular weight excluding hydrogens is 216 g/mol. The standard InChI is InChI=1S/C9H12N2O3S/c12-3-9-10-7(4-14-9)8-5-15-2-1-11(8)6-13/h4,6,8,12H,1-3,5H2. The van der Waals surface area contributed by atoms with Gasteiger partial charge in [-0.25, -0.2) is 4.98 Å². The summed E-state index contributed by atoms with van der Waals surface area (Å²) in [7, 11) is 0. The minimum absolute atomic E-state index is 0.0229. The highest BCUT2D eigenvalue weighted by atomic mass is 32.2. The van der Waals surface area contributed by atoms with Gasteiger partial charge in [-0.15, -0.1) is 0 Å². The molecule has 1 unspecified atom stereocenters. The molecule has 2 heterocycles. The first kappa shape index (κ1) is 10.5. The number of hydrogen-bond acceptors (Lipinski definition) is 5. The molecule has 1 atom stereocenters. The minimum atomic E-state index is -0.207. The second kappa shape index (κ2) is 4.67. The predicted octanol–water partition coefficient (Wildman–Crippen LogP) is 0.413. The zero-order valence-electron chi connectivity index (χ0n) is 8.13. The third kappa shape index (κ3) is 2.15. The van der Waals surface area contributed by atoms with E-state index in [1.165, 1.54) is 6.26 Å². The van der Waals surface area contributed by atoms with E-state index in [1.54, 1.807) is 16.7 Å². The maximum absolute atomic E-state index is 10.8. The van der Waals surface area contributed by atoms with Crippen molar-refractivity contribution in [1.29, 1.82) is 0 Å². The van der Waals surface area contributed by atoms with Crippen LogP contribution in [0.25, 0.3) is 0 Å². The third-order valence-electron chi connectivity index (χ3n) is 2.35. The zero-order chi connectivity index (χ0) is 10.7. The molecule has 0 radical (unpaired) electrons. The molecule has 0 spiro atoms. The van der Waals surface area contributed by atoms with Crippen LogP contribution in [0.2, 0.25) is 0 Å². The van der Waals surface area contributed by atoms with Crippen molar-refractivity contribution in [2.75, 3.05) is 18.1 Å². The average Bonchev–Trinajstić information content (AvgIpc) is 2.77. The molecule has 1 N–H and O–H groups in total. The van der Waals surface area contributed by atoms with Crippen molar-refractivity contribution >= 4 is 18.2 Å². The van der Waals surface area contributed by atoms with Crippen molar-refractivity contribution in [3.63, 3.8) is 0 Å². The Morgan fingerprint density at radius 3 is 3.33 bits per heavy atom. The Labute approximate surface area is 91.5 Å². The molecule has 1 fully saturated rings. The number of carbonyl (C=O) groups is 1. The van der Waals surface area contributed by atoms with Crippen LogP contribution in [0.15, 0.2) is 10.7 Å². The van der Waals surface area contributed by atoms with Crippen LogP contribution < -0.4 is 0 Å². The highest BCUT2D eigenvalue weighted by molar-refractivity contribution is 7.99. The van der Waals surface area contributed by atoms with Crippen LogP contribution >= 0.6 is 11.8 Å². The van der Waals surface area contributed by atoms with E-state index in [2.05, 4.69) is 4.98 Å². The van der Waals surface area contributed by atoms with Crippen LogP contribution in [0.5, 0.6) is 0 Å². The Hall–Kier alpha value is -1.01. The predicted molar refractivity (Wildman–Crippen MR) is 55.3 cm³/mol. The van der Waals surface area contributed by atoms with E-state index in [0.29, 0.717) is 5.89 Å². The van der Waals surface area contributed by atoms with Crippen molar-refractivity contribution < 1.29 is 14.3 Å². The Bertz CT molecular complexity index is 342. The molecule has 1 aliphatic heterocycles. The maximum Gasteiger partial charge on any atom is 0.220 e. The van der Waals surface area contributed by atoms with E-state index in [1.807, 2.05) is 0 Å². The normalized spacial score (nSPS) is 21.7. The Morgan fingerprint density at radius 1 is 1.80 bits per heavy atom. The van der Waals surface area contributed by atoms with Crippen LogP contribution in [0.3, 0.4) is 0 Å². The Morgan fingerprint density at radius 2 is 2.67 bits per heavy atom. The molecule has 0 saturated carbocycles. The summed E-state index contributed by atoms with van der Waals surface area (Å²) in [4.78, 5) is 16.7. The van der Waals surface area contributed by atoms with Gasteiger partial charge < -0.3 is 14.4 Å². The lowest BCUT2D eigenvalue weighted by Gasteiger charge is -2.30. The second-order valence-corrected chi connectivity index (χ2v) is 4.41. The molecule has 1 amide bonds. The largest absolute Gasteiger partial charge is 0.446 e. The number of aliphatic hydroxyl groups is 1. The number of aromatic nitrogens is 1. The highest BCUT2D eigenvalue weighted by Crippen LogP contribution is 2.27. The molecule has 1 aliphatic rings. The van der Waals surface area contributed by atoms with E-state index in [4.69, 9.17) is 9.52 Å². The van der Waals surface area contributed by atoms with Gasteiger partial charge in [0.15, 0.2) is 0 Å². The van der Waals surface area contributed by atoms with Crippen molar-refractivity contribution in [1.82, 2.24) is 9.88 Å². The second-order valence-electron chi connectivity index (χ2n) is 3.26. The summed E-state index contributed by atoms with van der Waals surface area (Å²) >= 11 is 1.79. The van der Waals surface area contributed by atoms with Crippen LogP contribution in [0.4, 0.5) is 0 Å². The Balaban J connectivity index is 2.16. The molecule has 0 aliphatic carbocycles. The number of hydrogen-bond donors (Lipinski definition) is 1. The SMILES string of the molecule is O=CN1CCSCC1c1coc(CO)n1. The molecule has 0 aromatic carbocycles. The first-order valence-corrected chi connectivity index (χ1v) is 5.84. The van der Waals surface area contributed by atoms with Gasteiger partial charge in [0.2, 0.25) is 12.3 Å². The van der Waals surface area contributed by atoms with Gasteiger partial charge in [0, 0.05) is 18.1 Å². The van der Waals surface area contributed by atoms with Gasteiger partial charge in [-0.1, -0.05) is 0 Å². The van der Waals surface area contributed by atoms with Crippen molar-refractivity contribution in [2.45, 2.75) is 12.6 Å². The lowest BCUT2D eigenvalue weighted by molar-refractivity contribution is -0.119. The van der Waals surface area contributed by atoms with Gasteiger partial charge in [-0.2, -0.15) is 11.8 Å². The van der Waals surface area contributed by atoms with Gasteiger partial charge in [0.05, 0.1) is 6.04 Å². The molecule has 15 heavy (non-hydrogen) atoms. The van der Waals surface area contributed by atoms with Crippen molar-refractivity contribution in [3.05, 3.63) is 17.8 Å². The van der Waals surface area contributed by atoms with Crippen LogP contribution in [-0.4, -0.2) is 39.5 Å². The maximum atomic E-state index is 10.8. The molecule has 0 bridgehead atoms. The molecule has 6 heteroatoms. The number of thioether (sulfide) groups is 1. The number of rotatable bonds is 3. The van der Waals surface area contributed by atoms with E-state index in [-0.39, 0.29) is 12.6 Å². The van der Waals surface area contributed by atoms with Gasteiger partial charge >= 0.3 is 0 Å². The minimum Gasteiger partial charge on any atom is -0.446 e. The topological polar surface area (TPSA) is 66.6 Å². The molecule has 2 rings (SSSR count). The first-order valence-electron chi connectivity index (χ1n) is 4.69. The monoisotopic (exact) mass is 228 g/mol. The third-order valence-corrected chi connectivity index (χ3v) is 3.37. The number of nitrogens with zero attached hydrogens (tertiary/aromatic N) is 2. The van der Waals surface area contributed by atoms with E-state index in [9.17, 15) is 4.79 Å². The van der Waals surface area contributed by atoms with Crippen LogP contribution in [0.1, 0.15) is 17.6 Å². The summed E-state index contributed by atoms with van der Waals surface area (Å²) in [5, 5.41) is 8.83. The van der Waals surface area contributed by atoms with Gasteiger partial charge in [0.1, 0.15) is 18.6 Å². The quantitative estimate of drug-likeness (QED) is 0.759. The molecular formula is C9H12N2O3S.